The quantitative estimate of drug-likeness (QED) is 0.603. The Kier molecular flexibility index (Phi) is 6.54. The minimum atomic E-state index is 0.126. The second-order valence-electron chi connectivity index (χ2n) is 7.79. The lowest BCUT2D eigenvalue weighted by Gasteiger charge is -2.43. The van der Waals surface area contributed by atoms with E-state index in [1.807, 2.05) is 0 Å². The number of guanidine groups is 1. The number of benzene rings is 1. The van der Waals surface area contributed by atoms with Crippen molar-refractivity contribution in [2.45, 2.75) is 57.4 Å². The highest BCUT2D eigenvalue weighted by atomic mass is 16.5. The predicted molar refractivity (Wildman–Crippen MR) is 109 cm³/mol. The minimum absolute atomic E-state index is 0.126. The zero-order chi connectivity index (χ0) is 18.4. The molecule has 144 valence electrons. The van der Waals surface area contributed by atoms with Gasteiger partial charge in [-0.3, -0.25) is 9.89 Å². The number of nitrogens with two attached hydrogens (primary N) is 1. The van der Waals surface area contributed by atoms with Gasteiger partial charge in [-0.05, 0) is 68.8 Å². The monoisotopic (exact) mass is 358 g/mol. The molecule has 0 radical (unpaired) electrons. The molecule has 3 N–H and O–H groups in total. The molecule has 1 atom stereocenters. The molecule has 2 aliphatic heterocycles. The normalized spacial score (nSPS) is 22.3. The highest BCUT2D eigenvalue weighted by Gasteiger charge is 2.39. The van der Waals surface area contributed by atoms with Crippen molar-refractivity contribution in [3.8, 4) is 0 Å². The third-order valence-corrected chi connectivity index (χ3v) is 6.11. The smallest absolute Gasteiger partial charge is 0.193 e. The molecule has 1 aromatic rings. The van der Waals surface area contributed by atoms with Crippen molar-refractivity contribution >= 4 is 11.6 Å². The Morgan fingerprint density at radius 1 is 1.23 bits per heavy atom. The first-order valence-corrected chi connectivity index (χ1v) is 10.1. The Morgan fingerprint density at radius 3 is 2.50 bits per heavy atom. The molecule has 2 fully saturated rings. The van der Waals surface area contributed by atoms with E-state index >= 15 is 0 Å². The fourth-order valence-corrected chi connectivity index (χ4v) is 4.07. The largest absolute Gasteiger partial charge is 0.381 e. The predicted octanol–water partition coefficient (Wildman–Crippen LogP) is 3.57. The minimum Gasteiger partial charge on any atom is -0.381 e. The average Bonchev–Trinajstić information content (AvgIpc) is 3.23. The first-order valence-electron chi connectivity index (χ1n) is 10.1. The van der Waals surface area contributed by atoms with Gasteiger partial charge in [-0.25, -0.2) is 0 Å². The van der Waals surface area contributed by atoms with Gasteiger partial charge in [-0.15, -0.1) is 0 Å². The van der Waals surface area contributed by atoms with Crippen molar-refractivity contribution < 1.29 is 4.74 Å². The van der Waals surface area contributed by atoms with Crippen molar-refractivity contribution in [2.75, 3.05) is 38.2 Å². The molecule has 2 heterocycles. The summed E-state index contributed by atoms with van der Waals surface area (Å²) in [4.78, 5) is 7.34. The topological polar surface area (TPSA) is 62.9 Å². The molecule has 3 rings (SSSR count). The summed E-state index contributed by atoms with van der Waals surface area (Å²) in [6.07, 6.45) is 5.84. The van der Waals surface area contributed by atoms with Crippen LogP contribution in [0.1, 0.15) is 57.4 Å². The maximum absolute atomic E-state index is 6.19. The van der Waals surface area contributed by atoms with E-state index in [0.717, 1.165) is 44.7 Å². The van der Waals surface area contributed by atoms with Gasteiger partial charge in [0.25, 0.3) is 0 Å². The second kappa shape index (κ2) is 8.87. The lowest BCUT2D eigenvalue weighted by atomic mass is 9.88. The van der Waals surface area contributed by atoms with Crippen LogP contribution in [0, 0.1) is 0 Å². The number of rotatable bonds is 6. The Morgan fingerprint density at radius 2 is 1.88 bits per heavy atom. The molecule has 0 amide bonds. The van der Waals surface area contributed by atoms with E-state index in [-0.39, 0.29) is 5.54 Å². The van der Waals surface area contributed by atoms with Gasteiger partial charge in [-0.2, -0.15) is 0 Å². The van der Waals surface area contributed by atoms with Gasteiger partial charge in [0.05, 0.1) is 6.54 Å². The molecule has 0 bridgehead atoms. The molecule has 26 heavy (non-hydrogen) atoms. The summed E-state index contributed by atoms with van der Waals surface area (Å²) < 4.78 is 5.60. The molecular formula is C21H34N4O. The first-order chi connectivity index (χ1) is 12.6. The average molecular weight is 359 g/mol. The summed E-state index contributed by atoms with van der Waals surface area (Å²) in [5.41, 5.74) is 8.69. The van der Waals surface area contributed by atoms with Crippen LogP contribution in [0.25, 0.3) is 0 Å². The van der Waals surface area contributed by atoms with Crippen LogP contribution in [-0.4, -0.2) is 49.2 Å². The number of aliphatic imine (C=N–C) groups is 1. The second-order valence-corrected chi connectivity index (χ2v) is 7.79. The Bertz CT molecular complexity index is 587. The molecule has 0 spiro atoms. The highest BCUT2D eigenvalue weighted by molar-refractivity contribution is 5.92. The fourth-order valence-electron chi connectivity index (χ4n) is 4.07. The first kappa shape index (κ1) is 19.2. The van der Waals surface area contributed by atoms with E-state index in [9.17, 15) is 0 Å². The van der Waals surface area contributed by atoms with Crippen LogP contribution in [0.2, 0.25) is 0 Å². The summed E-state index contributed by atoms with van der Waals surface area (Å²) in [6, 6.07) is 8.53. The van der Waals surface area contributed by atoms with E-state index in [1.165, 1.54) is 31.5 Å². The molecular weight excluding hydrogens is 324 g/mol. The molecule has 5 heteroatoms. The Labute approximate surface area is 158 Å². The maximum Gasteiger partial charge on any atom is 0.193 e. The third-order valence-electron chi connectivity index (χ3n) is 6.11. The number of anilines is 1. The number of nitrogens with one attached hydrogen (secondary N) is 1. The van der Waals surface area contributed by atoms with Gasteiger partial charge >= 0.3 is 0 Å². The van der Waals surface area contributed by atoms with Crippen LogP contribution in [0.4, 0.5) is 5.69 Å². The van der Waals surface area contributed by atoms with Crippen molar-refractivity contribution in [2.24, 2.45) is 10.7 Å². The third kappa shape index (κ3) is 4.57. The van der Waals surface area contributed by atoms with Gasteiger partial charge in [0, 0.05) is 24.4 Å². The van der Waals surface area contributed by atoms with Gasteiger partial charge in [0.1, 0.15) is 0 Å². The van der Waals surface area contributed by atoms with Gasteiger partial charge in [0.2, 0.25) is 0 Å². The molecule has 0 saturated carbocycles. The van der Waals surface area contributed by atoms with E-state index in [1.54, 1.807) is 0 Å². The Balaban J connectivity index is 1.62. The SMILES string of the molecule is CCC(C)c1ccc(NC(N)=NCC2(N3CCCC3)CCOCC2)cc1. The summed E-state index contributed by atoms with van der Waals surface area (Å²) in [5.74, 6) is 1.09. The number of likely N-dealkylation sites (tertiary alicyclic amines) is 1. The zero-order valence-corrected chi connectivity index (χ0v) is 16.3. The molecule has 1 aromatic carbocycles. The standard InChI is InChI=1S/C21H34N4O/c1-3-17(2)18-6-8-19(9-7-18)24-20(22)23-16-21(10-14-26-15-11-21)25-12-4-5-13-25/h6-9,17H,3-5,10-16H2,1-2H3,(H3,22,23,24). The van der Waals surface area contributed by atoms with Crippen molar-refractivity contribution in [3.63, 3.8) is 0 Å². The molecule has 2 saturated heterocycles. The van der Waals surface area contributed by atoms with Crippen LogP contribution in [0.3, 0.4) is 0 Å². The Hall–Kier alpha value is -1.59. The van der Waals surface area contributed by atoms with E-state index in [2.05, 4.69) is 48.3 Å². The molecule has 1 unspecified atom stereocenters. The lowest BCUT2D eigenvalue weighted by Crippen LogP contribution is -2.53. The summed E-state index contributed by atoms with van der Waals surface area (Å²) >= 11 is 0. The van der Waals surface area contributed by atoms with E-state index in [0.29, 0.717) is 11.9 Å². The van der Waals surface area contributed by atoms with Crippen molar-refractivity contribution in [1.82, 2.24) is 4.90 Å². The van der Waals surface area contributed by atoms with Crippen LogP contribution < -0.4 is 11.1 Å². The number of hydrogen-bond acceptors (Lipinski definition) is 3. The van der Waals surface area contributed by atoms with Crippen LogP contribution in [0.5, 0.6) is 0 Å². The highest BCUT2D eigenvalue weighted by Crippen LogP contribution is 2.31. The van der Waals surface area contributed by atoms with Crippen molar-refractivity contribution in [3.05, 3.63) is 29.8 Å². The van der Waals surface area contributed by atoms with E-state index < -0.39 is 0 Å². The van der Waals surface area contributed by atoms with Crippen LogP contribution >= 0.6 is 0 Å². The number of hydrogen-bond donors (Lipinski definition) is 2. The van der Waals surface area contributed by atoms with E-state index in [4.69, 9.17) is 15.5 Å². The lowest BCUT2D eigenvalue weighted by molar-refractivity contribution is -0.0138. The fraction of sp³-hybridized carbons (Fsp3) is 0.667. The van der Waals surface area contributed by atoms with Gasteiger partial charge < -0.3 is 15.8 Å². The summed E-state index contributed by atoms with van der Waals surface area (Å²) in [5, 5.41) is 3.25. The molecule has 5 nitrogen and oxygen atoms in total. The molecule has 0 aromatic heterocycles. The van der Waals surface area contributed by atoms with Crippen molar-refractivity contribution in [1.29, 1.82) is 0 Å². The van der Waals surface area contributed by atoms with Gasteiger partial charge in [0.15, 0.2) is 5.96 Å². The maximum atomic E-state index is 6.19. The van der Waals surface area contributed by atoms with Crippen LogP contribution in [-0.2, 0) is 4.74 Å². The molecule has 0 aliphatic carbocycles. The summed E-state index contributed by atoms with van der Waals surface area (Å²) in [7, 11) is 0. The van der Waals surface area contributed by atoms with Gasteiger partial charge in [-0.1, -0.05) is 26.0 Å². The number of ether oxygens (including phenoxy) is 1. The molecule has 2 aliphatic rings. The zero-order valence-electron chi connectivity index (χ0n) is 16.3. The summed E-state index contributed by atoms with van der Waals surface area (Å²) in [6.45, 7) is 9.24. The number of nitrogens with zero attached hydrogens (tertiary/aromatic N) is 2. The van der Waals surface area contributed by atoms with Crippen LogP contribution in [0.15, 0.2) is 29.3 Å².